The molecule has 0 atom stereocenters. The van der Waals surface area contributed by atoms with Gasteiger partial charge in [0.25, 0.3) is 0 Å². The van der Waals surface area contributed by atoms with Crippen molar-refractivity contribution in [2.45, 2.75) is 11.7 Å². The van der Waals surface area contributed by atoms with E-state index in [-0.39, 0.29) is 17.5 Å². The SMILES string of the molecule is COc1ccccc1-n1c(SCC(=O)NCc2ccc(F)cc2)nnc1-c1ccco1. The summed E-state index contributed by atoms with van der Waals surface area (Å²) in [4.78, 5) is 12.4. The number of amides is 1. The van der Waals surface area contributed by atoms with Gasteiger partial charge in [0.05, 0.1) is 24.8 Å². The van der Waals surface area contributed by atoms with Crippen LogP contribution in [0, 0.1) is 5.82 Å². The average molecular weight is 438 g/mol. The summed E-state index contributed by atoms with van der Waals surface area (Å²) in [6, 6.07) is 17.0. The van der Waals surface area contributed by atoms with Crippen LogP contribution in [0.2, 0.25) is 0 Å². The maximum atomic E-state index is 13.0. The molecule has 2 aromatic heterocycles. The standard InChI is InChI=1S/C22H19FN4O3S/c1-29-18-6-3-2-5-17(18)27-21(19-7-4-12-30-19)25-26-22(27)31-14-20(28)24-13-15-8-10-16(23)11-9-15/h2-12H,13-14H2,1H3,(H,24,28). The first-order chi connectivity index (χ1) is 15.2. The third-order valence-corrected chi connectivity index (χ3v) is 5.37. The third-order valence-electron chi connectivity index (χ3n) is 4.44. The Morgan fingerprint density at radius 3 is 2.68 bits per heavy atom. The number of methoxy groups -OCH3 is 1. The van der Waals surface area contributed by atoms with Gasteiger partial charge < -0.3 is 14.5 Å². The number of benzene rings is 2. The van der Waals surface area contributed by atoms with Gasteiger partial charge in [-0.15, -0.1) is 10.2 Å². The zero-order valence-electron chi connectivity index (χ0n) is 16.6. The van der Waals surface area contributed by atoms with Crippen LogP contribution in [0.4, 0.5) is 4.39 Å². The molecule has 1 amide bonds. The maximum absolute atomic E-state index is 13.0. The Kier molecular flexibility index (Phi) is 6.32. The van der Waals surface area contributed by atoms with E-state index >= 15 is 0 Å². The van der Waals surface area contributed by atoms with Crippen molar-refractivity contribution in [1.82, 2.24) is 20.1 Å². The molecule has 0 bridgehead atoms. The second-order valence-corrected chi connectivity index (χ2v) is 7.43. The maximum Gasteiger partial charge on any atom is 0.230 e. The van der Waals surface area contributed by atoms with Crippen molar-refractivity contribution in [1.29, 1.82) is 0 Å². The molecule has 31 heavy (non-hydrogen) atoms. The number of carbonyl (C=O) groups excluding carboxylic acids is 1. The van der Waals surface area contributed by atoms with Crippen molar-refractivity contribution in [3.63, 3.8) is 0 Å². The van der Waals surface area contributed by atoms with Crippen molar-refractivity contribution in [2.24, 2.45) is 0 Å². The molecule has 0 radical (unpaired) electrons. The number of halogens is 1. The van der Waals surface area contributed by atoms with Crippen molar-refractivity contribution in [3.05, 3.63) is 78.3 Å². The molecular weight excluding hydrogens is 419 g/mol. The number of thioether (sulfide) groups is 1. The molecule has 0 saturated carbocycles. The molecule has 0 aliphatic carbocycles. The third kappa shape index (κ3) is 4.77. The molecule has 2 heterocycles. The lowest BCUT2D eigenvalue weighted by atomic mass is 10.2. The first-order valence-corrected chi connectivity index (χ1v) is 10.4. The van der Waals surface area contributed by atoms with Crippen LogP contribution in [-0.2, 0) is 11.3 Å². The van der Waals surface area contributed by atoms with Gasteiger partial charge in [0.2, 0.25) is 11.7 Å². The summed E-state index contributed by atoms with van der Waals surface area (Å²) in [5.41, 5.74) is 1.55. The van der Waals surface area contributed by atoms with E-state index in [1.54, 1.807) is 42.2 Å². The molecule has 4 aromatic rings. The van der Waals surface area contributed by atoms with E-state index < -0.39 is 0 Å². The Balaban J connectivity index is 1.53. The Morgan fingerprint density at radius 2 is 1.94 bits per heavy atom. The number of nitrogens with one attached hydrogen (secondary N) is 1. The Morgan fingerprint density at radius 1 is 1.13 bits per heavy atom. The van der Waals surface area contributed by atoms with Gasteiger partial charge in [-0.2, -0.15) is 0 Å². The highest BCUT2D eigenvalue weighted by atomic mass is 32.2. The molecule has 4 rings (SSSR count). The minimum atomic E-state index is -0.311. The normalized spacial score (nSPS) is 10.8. The van der Waals surface area contributed by atoms with E-state index in [9.17, 15) is 9.18 Å². The summed E-state index contributed by atoms with van der Waals surface area (Å²) >= 11 is 1.24. The fraction of sp³-hybridized carbons (Fsp3) is 0.136. The molecule has 7 nitrogen and oxygen atoms in total. The molecule has 0 aliphatic heterocycles. The largest absolute Gasteiger partial charge is 0.495 e. The van der Waals surface area contributed by atoms with Crippen LogP contribution in [0.1, 0.15) is 5.56 Å². The summed E-state index contributed by atoms with van der Waals surface area (Å²) in [5.74, 6) is 1.33. The van der Waals surface area contributed by atoms with Crippen molar-refractivity contribution < 1.29 is 18.3 Å². The lowest BCUT2D eigenvalue weighted by Gasteiger charge is -2.13. The van der Waals surface area contributed by atoms with Crippen LogP contribution in [-0.4, -0.2) is 33.5 Å². The monoisotopic (exact) mass is 438 g/mol. The summed E-state index contributed by atoms with van der Waals surface area (Å²) in [5, 5.41) is 11.9. The molecular formula is C22H19FN4O3S. The van der Waals surface area contributed by atoms with Gasteiger partial charge in [0.15, 0.2) is 10.9 Å². The number of nitrogens with zero attached hydrogens (tertiary/aromatic N) is 3. The molecule has 0 aliphatic rings. The number of furan rings is 1. The first kappa shape index (κ1) is 20.7. The molecule has 1 N–H and O–H groups in total. The van der Waals surface area contributed by atoms with E-state index in [0.717, 1.165) is 11.3 Å². The predicted octanol–water partition coefficient (Wildman–Crippen LogP) is 4.08. The van der Waals surface area contributed by atoms with E-state index in [1.165, 1.54) is 23.9 Å². The Labute approximate surface area is 182 Å². The minimum absolute atomic E-state index is 0.132. The average Bonchev–Trinajstić information content (AvgIpc) is 3.47. The molecule has 158 valence electrons. The molecule has 2 aromatic carbocycles. The lowest BCUT2D eigenvalue weighted by Crippen LogP contribution is -2.24. The number of aromatic nitrogens is 3. The predicted molar refractivity (Wildman–Crippen MR) is 115 cm³/mol. The fourth-order valence-corrected chi connectivity index (χ4v) is 3.72. The van der Waals surface area contributed by atoms with Gasteiger partial charge in [0.1, 0.15) is 11.6 Å². The van der Waals surface area contributed by atoms with Crippen LogP contribution in [0.3, 0.4) is 0 Å². The number of rotatable bonds is 8. The van der Waals surface area contributed by atoms with E-state index in [4.69, 9.17) is 9.15 Å². The quantitative estimate of drug-likeness (QED) is 0.418. The molecule has 0 spiro atoms. The summed E-state index contributed by atoms with van der Waals surface area (Å²) < 4.78 is 25.8. The van der Waals surface area contributed by atoms with Gasteiger partial charge in [-0.1, -0.05) is 36.0 Å². The van der Waals surface area contributed by atoms with Gasteiger partial charge in [-0.05, 0) is 42.0 Å². The van der Waals surface area contributed by atoms with E-state index in [2.05, 4.69) is 15.5 Å². The number of carbonyl (C=O) groups is 1. The minimum Gasteiger partial charge on any atom is -0.495 e. The summed E-state index contributed by atoms with van der Waals surface area (Å²) in [6.07, 6.45) is 1.56. The molecule has 0 saturated heterocycles. The van der Waals surface area contributed by atoms with Gasteiger partial charge in [-0.3, -0.25) is 9.36 Å². The number of hydrogen-bond acceptors (Lipinski definition) is 6. The summed E-state index contributed by atoms with van der Waals surface area (Å²) in [7, 11) is 1.59. The highest BCUT2D eigenvalue weighted by Gasteiger charge is 2.21. The van der Waals surface area contributed by atoms with Crippen molar-refractivity contribution >= 4 is 17.7 Å². The Bertz CT molecular complexity index is 1160. The summed E-state index contributed by atoms with van der Waals surface area (Å²) in [6.45, 7) is 0.316. The van der Waals surface area contributed by atoms with Crippen LogP contribution >= 0.6 is 11.8 Å². The molecule has 0 unspecified atom stereocenters. The van der Waals surface area contributed by atoms with Crippen LogP contribution in [0.15, 0.2) is 76.5 Å². The van der Waals surface area contributed by atoms with Gasteiger partial charge >= 0.3 is 0 Å². The topological polar surface area (TPSA) is 82.2 Å². The first-order valence-electron chi connectivity index (χ1n) is 9.42. The van der Waals surface area contributed by atoms with Crippen LogP contribution in [0.25, 0.3) is 17.3 Å². The highest BCUT2D eigenvalue weighted by molar-refractivity contribution is 7.99. The van der Waals surface area contributed by atoms with Crippen molar-refractivity contribution in [3.8, 4) is 23.0 Å². The van der Waals surface area contributed by atoms with Crippen LogP contribution < -0.4 is 10.1 Å². The van der Waals surface area contributed by atoms with E-state index in [1.807, 2.05) is 24.3 Å². The second-order valence-electron chi connectivity index (χ2n) is 6.48. The fourth-order valence-electron chi connectivity index (χ4n) is 2.94. The lowest BCUT2D eigenvalue weighted by molar-refractivity contribution is -0.118. The second kappa shape index (κ2) is 9.48. The molecule has 9 heteroatoms. The van der Waals surface area contributed by atoms with E-state index in [0.29, 0.717) is 29.0 Å². The Hall–Kier alpha value is -3.59. The zero-order chi connectivity index (χ0) is 21.6. The van der Waals surface area contributed by atoms with Gasteiger partial charge in [0, 0.05) is 6.54 Å². The number of ether oxygens (including phenoxy) is 1. The smallest absolute Gasteiger partial charge is 0.230 e. The highest BCUT2D eigenvalue weighted by Crippen LogP contribution is 2.32. The van der Waals surface area contributed by atoms with Crippen molar-refractivity contribution in [2.75, 3.05) is 12.9 Å². The number of para-hydroxylation sites is 2. The van der Waals surface area contributed by atoms with Crippen LogP contribution in [0.5, 0.6) is 5.75 Å². The zero-order valence-corrected chi connectivity index (χ0v) is 17.4. The number of hydrogen-bond donors (Lipinski definition) is 1. The van der Waals surface area contributed by atoms with Gasteiger partial charge in [-0.25, -0.2) is 4.39 Å². The molecule has 0 fully saturated rings.